The largest absolute Gasteiger partial charge is 0.334 e. The molecule has 2 rings (SSSR count). The maximum absolute atomic E-state index is 4.62. The van der Waals surface area contributed by atoms with Crippen molar-refractivity contribution >= 4 is 11.8 Å². The van der Waals surface area contributed by atoms with E-state index in [2.05, 4.69) is 40.9 Å². The highest BCUT2D eigenvalue weighted by Crippen LogP contribution is 2.33. The zero-order valence-corrected chi connectivity index (χ0v) is 12.0. The molecule has 1 aliphatic rings. The fourth-order valence-corrected chi connectivity index (χ4v) is 2.92. The third-order valence-corrected chi connectivity index (χ3v) is 4.47. The summed E-state index contributed by atoms with van der Waals surface area (Å²) in [4.78, 5) is 7.04. The van der Waals surface area contributed by atoms with Crippen LogP contribution in [0.5, 0.6) is 0 Å². The lowest BCUT2D eigenvalue weighted by Gasteiger charge is -2.37. The Morgan fingerprint density at radius 1 is 1.41 bits per heavy atom. The van der Waals surface area contributed by atoms with E-state index in [0.29, 0.717) is 0 Å². The van der Waals surface area contributed by atoms with Crippen LogP contribution in [0.4, 0.5) is 0 Å². The molecule has 1 aromatic rings. The summed E-state index contributed by atoms with van der Waals surface area (Å²) in [6.07, 6.45) is 8.70. The van der Waals surface area contributed by atoms with Crippen LogP contribution in [0.3, 0.4) is 0 Å². The summed E-state index contributed by atoms with van der Waals surface area (Å²) in [7, 11) is 2.21. The number of hydrogen-bond acceptors (Lipinski definition) is 3. The summed E-state index contributed by atoms with van der Waals surface area (Å²) in [5, 5.41) is 0. The lowest BCUT2D eigenvalue weighted by Crippen LogP contribution is -2.40. The van der Waals surface area contributed by atoms with E-state index < -0.39 is 0 Å². The second-order valence-electron chi connectivity index (χ2n) is 5.30. The van der Waals surface area contributed by atoms with Crippen LogP contribution in [0.25, 0.3) is 0 Å². The van der Waals surface area contributed by atoms with E-state index >= 15 is 0 Å². The molecule has 2 heterocycles. The Hall–Kier alpha value is -0.480. The zero-order chi connectivity index (χ0) is 12.3. The van der Waals surface area contributed by atoms with Crippen molar-refractivity contribution in [2.45, 2.75) is 31.7 Å². The van der Waals surface area contributed by atoms with Gasteiger partial charge in [0, 0.05) is 30.1 Å². The van der Waals surface area contributed by atoms with Gasteiger partial charge in [-0.2, -0.15) is 11.8 Å². The highest BCUT2D eigenvalue weighted by Gasteiger charge is 2.34. The maximum Gasteiger partial charge on any atom is 0.114 e. The molecule has 0 atom stereocenters. The molecule has 4 heteroatoms. The summed E-state index contributed by atoms with van der Waals surface area (Å²) in [5.41, 5.74) is 0.272. The van der Waals surface area contributed by atoms with Crippen LogP contribution >= 0.6 is 11.8 Å². The topological polar surface area (TPSA) is 21.1 Å². The van der Waals surface area contributed by atoms with E-state index in [1.165, 1.54) is 37.5 Å². The number of aromatic nitrogens is 2. The highest BCUT2D eigenvalue weighted by atomic mass is 32.2. The van der Waals surface area contributed by atoms with E-state index in [1.54, 1.807) is 0 Å². The molecule has 0 aliphatic carbocycles. The average Bonchev–Trinajstić information content (AvgIpc) is 2.79. The van der Waals surface area contributed by atoms with E-state index in [1.807, 2.05) is 18.0 Å². The second-order valence-corrected chi connectivity index (χ2v) is 6.29. The monoisotopic (exact) mass is 253 g/mol. The van der Waals surface area contributed by atoms with Gasteiger partial charge in [-0.15, -0.1) is 0 Å². The molecule has 0 N–H and O–H groups in total. The average molecular weight is 253 g/mol. The van der Waals surface area contributed by atoms with Gasteiger partial charge in [0.25, 0.3) is 0 Å². The van der Waals surface area contributed by atoms with Gasteiger partial charge in [-0.05, 0) is 39.2 Å². The van der Waals surface area contributed by atoms with Gasteiger partial charge in [0.2, 0.25) is 0 Å². The third kappa shape index (κ3) is 2.86. The Labute approximate surface area is 109 Å². The summed E-state index contributed by atoms with van der Waals surface area (Å²) in [6.45, 7) is 5.83. The molecular formula is C13H23N3S. The first-order valence-electron chi connectivity index (χ1n) is 6.35. The molecule has 3 nitrogen and oxygen atoms in total. The molecule has 0 saturated carbocycles. The molecule has 17 heavy (non-hydrogen) atoms. The Kier molecular flexibility index (Phi) is 4.15. The molecule has 0 bridgehead atoms. The van der Waals surface area contributed by atoms with Gasteiger partial charge in [0.1, 0.15) is 5.82 Å². The minimum atomic E-state index is 0.272. The number of rotatable bonds is 4. The molecule has 0 aromatic carbocycles. The molecule has 1 fully saturated rings. The number of imidazole rings is 1. The van der Waals surface area contributed by atoms with E-state index in [0.717, 1.165) is 6.54 Å². The number of piperidine rings is 1. The fraction of sp³-hybridized carbons (Fsp3) is 0.769. The minimum absolute atomic E-state index is 0.272. The van der Waals surface area contributed by atoms with Gasteiger partial charge in [-0.1, -0.05) is 6.92 Å². The Bertz CT molecular complexity index is 353. The zero-order valence-electron chi connectivity index (χ0n) is 11.1. The van der Waals surface area contributed by atoms with Gasteiger partial charge in [-0.25, -0.2) is 4.98 Å². The Balaban J connectivity index is 2.12. The van der Waals surface area contributed by atoms with Crippen molar-refractivity contribution in [1.82, 2.24) is 14.5 Å². The molecular weight excluding hydrogens is 230 g/mol. The minimum Gasteiger partial charge on any atom is -0.334 e. The second kappa shape index (κ2) is 5.44. The van der Waals surface area contributed by atoms with Crippen molar-refractivity contribution in [1.29, 1.82) is 0 Å². The van der Waals surface area contributed by atoms with Crippen molar-refractivity contribution in [2.75, 3.05) is 32.1 Å². The molecule has 0 amide bonds. The molecule has 0 unspecified atom stereocenters. The number of thioether (sulfide) groups is 1. The van der Waals surface area contributed by atoms with Gasteiger partial charge in [-0.3, -0.25) is 0 Å². The SMILES string of the molecule is CSCCn1ccnc1C1(C)CCN(C)CC1. The standard InChI is InChI=1S/C13H23N3S/c1-13(4-7-15(2)8-5-13)12-14-6-9-16(12)10-11-17-3/h6,9H,4-5,7-8,10-11H2,1-3H3. The van der Waals surface area contributed by atoms with E-state index in [4.69, 9.17) is 0 Å². The summed E-state index contributed by atoms with van der Waals surface area (Å²) in [6, 6.07) is 0. The molecule has 96 valence electrons. The number of nitrogens with zero attached hydrogens (tertiary/aromatic N) is 3. The first-order chi connectivity index (χ1) is 8.15. The Morgan fingerprint density at radius 3 is 2.76 bits per heavy atom. The maximum atomic E-state index is 4.62. The molecule has 0 spiro atoms. The van der Waals surface area contributed by atoms with Crippen LogP contribution in [-0.2, 0) is 12.0 Å². The fourth-order valence-electron chi connectivity index (χ4n) is 2.54. The lowest BCUT2D eigenvalue weighted by atomic mass is 9.79. The third-order valence-electron chi connectivity index (χ3n) is 3.88. The van der Waals surface area contributed by atoms with E-state index in [-0.39, 0.29) is 5.41 Å². The summed E-state index contributed by atoms with van der Waals surface area (Å²) in [5.74, 6) is 2.46. The van der Waals surface area contributed by atoms with Crippen LogP contribution < -0.4 is 0 Å². The van der Waals surface area contributed by atoms with Crippen molar-refractivity contribution in [3.8, 4) is 0 Å². The summed E-state index contributed by atoms with van der Waals surface area (Å²) >= 11 is 1.90. The van der Waals surface area contributed by atoms with Gasteiger partial charge in [0.15, 0.2) is 0 Å². The van der Waals surface area contributed by atoms with Crippen LogP contribution in [0.2, 0.25) is 0 Å². The first kappa shape index (κ1) is 13.0. The first-order valence-corrected chi connectivity index (χ1v) is 7.74. The molecule has 1 saturated heterocycles. The number of aryl methyl sites for hydroxylation is 1. The predicted molar refractivity (Wildman–Crippen MR) is 74.7 cm³/mol. The molecule has 0 radical (unpaired) electrons. The lowest BCUT2D eigenvalue weighted by molar-refractivity contribution is 0.190. The van der Waals surface area contributed by atoms with Crippen molar-refractivity contribution in [3.63, 3.8) is 0 Å². The van der Waals surface area contributed by atoms with Crippen molar-refractivity contribution in [3.05, 3.63) is 18.2 Å². The van der Waals surface area contributed by atoms with Gasteiger partial charge >= 0.3 is 0 Å². The molecule has 1 aromatic heterocycles. The summed E-state index contributed by atoms with van der Waals surface area (Å²) < 4.78 is 2.35. The smallest absolute Gasteiger partial charge is 0.114 e. The van der Waals surface area contributed by atoms with Crippen molar-refractivity contribution < 1.29 is 0 Å². The molecule has 1 aliphatic heterocycles. The van der Waals surface area contributed by atoms with Gasteiger partial charge in [0.05, 0.1) is 0 Å². The predicted octanol–water partition coefficient (Wildman–Crippen LogP) is 2.23. The van der Waals surface area contributed by atoms with Crippen LogP contribution in [-0.4, -0.2) is 46.6 Å². The number of likely N-dealkylation sites (tertiary alicyclic amines) is 1. The highest BCUT2D eigenvalue weighted by molar-refractivity contribution is 7.98. The number of hydrogen-bond donors (Lipinski definition) is 0. The van der Waals surface area contributed by atoms with Crippen molar-refractivity contribution in [2.24, 2.45) is 0 Å². The quantitative estimate of drug-likeness (QED) is 0.821. The van der Waals surface area contributed by atoms with Crippen LogP contribution in [0.1, 0.15) is 25.6 Å². The van der Waals surface area contributed by atoms with Crippen LogP contribution in [0.15, 0.2) is 12.4 Å². The Morgan fingerprint density at radius 2 is 2.12 bits per heavy atom. The van der Waals surface area contributed by atoms with Gasteiger partial charge < -0.3 is 9.47 Å². The van der Waals surface area contributed by atoms with Crippen LogP contribution in [0, 0.1) is 0 Å². The normalized spacial score (nSPS) is 20.6. The van der Waals surface area contributed by atoms with E-state index in [9.17, 15) is 0 Å².